The number of anilines is 1. The van der Waals surface area contributed by atoms with Crippen LogP contribution in [0.5, 0.6) is 0 Å². The van der Waals surface area contributed by atoms with Gasteiger partial charge in [0.15, 0.2) is 0 Å². The minimum Gasteiger partial charge on any atom is -0.304 e. The van der Waals surface area contributed by atoms with Gasteiger partial charge >= 0.3 is 0 Å². The topological polar surface area (TPSA) is 20.3 Å². The normalized spacial score (nSPS) is 13.0. The smallest absolute Gasteiger partial charge is 0.258 e. The van der Waals surface area contributed by atoms with Crippen LogP contribution in [0.4, 0.5) is 5.69 Å². The Morgan fingerprint density at radius 1 is 0.840 bits per heavy atom. The van der Waals surface area contributed by atoms with Crippen LogP contribution in [0.2, 0.25) is 0 Å². The molecule has 1 amide bonds. The van der Waals surface area contributed by atoms with Gasteiger partial charge in [-0.25, -0.2) is 0 Å². The van der Waals surface area contributed by atoms with Crippen LogP contribution in [0.25, 0.3) is 0 Å². The summed E-state index contributed by atoms with van der Waals surface area (Å²) in [4.78, 5) is 15.4. The zero-order valence-electron chi connectivity index (χ0n) is 14.6. The van der Waals surface area contributed by atoms with Crippen molar-refractivity contribution >= 4 is 11.6 Å². The summed E-state index contributed by atoms with van der Waals surface area (Å²) < 4.78 is 0. The van der Waals surface area contributed by atoms with Gasteiger partial charge in [-0.15, -0.1) is 0 Å². The lowest BCUT2D eigenvalue weighted by Crippen LogP contribution is -2.31. The average molecular weight is 327 g/mol. The fourth-order valence-corrected chi connectivity index (χ4v) is 3.56. The highest BCUT2D eigenvalue weighted by Gasteiger charge is 2.25. The Bertz CT molecular complexity index is 958. The number of fused-ring (bicyclic) bond motifs is 2. The molecule has 0 saturated heterocycles. The van der Waals surface area contributed by atoms with Crippen molar-refractivity contribution in [2.24, 2.45) is 0 Å². The molecule has 0 aromatic heterocycles. The van der Waals surface area contributed by atoms with Gasteiger partial charge in [0.1, 0.15) is 0 Å². The van der Waals surface area contributed by atoms with Crippen LogP contribution in [0, 0.1) is 13.8 Å². The van der Waals surface area contributed by atoms with E-state index in [2.05, 4.69) is 42.5 Å². The fourth-order valence-electron chi connectivity index (χ4n) is 3.56. The first-order valence-corrected chi connectivity index (χ1v) is 8.67. The number of para-hydroxylation sites is 1. The minimum absolute atomic E-state index is 0.0744. The van der Waals surface area contributed by atoms with Crippen LogP contribution >= 0.6 is 0 Å². The lowest BCUT2D eigenvalue weighted by molar-refractivity contribution is 0.0984. The second kappa shape index (κ2) is 6.21. The number of hydrogen-bond acceptors (Lipinski definition) is 1. The van der Waals surface area contributed by atoms with E-state index in [-0.39, 0.29) is 5.91 Å². The summed E-state index contributed by atoms with van der Waals surface area (Å²) in [6.45, 7) is 4.64. The van der Waals surface area contributed by atoms with Gasteiger partial charge in [-0.1, -0.05) is 60.2 Å². The van der Waals surface area contributed by atoms with E-state index in [0.29, 0.717) is 6.54 Å². The Morgan fingerprint density at radius 3 is 2.32 bits per heavy atom. The number of carbonyl (C=O) groups is 1. The number of nitrogens with zero attached hydrogens (tertiary/aromatic N) is 1. The first-order valence-electron chi connectivity index (χ1n) is 8.67. The molecule has 2 nitrogen and oxygen atoms in total. The molecule has 1 aliphatic heterocycles. The number of hydrogen-bond donors (Lipinski definition) is 0. The molecule has 0 radical (unpaired) electrons. The van der Waals surface area contributed by atoms with Crippen LogP contribution in [0.3, 0.4) is 0 Å². The van der Waals surface area contributed by atoms with Gasteiger partial charge in [0, 0.05) is 11.3 Å². The molecular formula is C23H21NO. The van der Waals surface area contributed by atoms with Crippen LogP contribution in [-0.2, 0) is 13.0 Å². The minimum atomic E-state index is 0.0744. The standard InChI is InChI=1S/C23H21NO/c1-16-11-12-17(2)21(13-16)23(25)24-15-20-9-4-3-7-18(20)14-19-8-5-6-10-22(19)24/h3-13H,14-15H2,1-2H3. The first-order chi connectivity index (χ1) is 12.1. The van der Waals surface area contributed by atoms with Gasteiger partial charge < -0.3 is 4.90 Å². The predicted molar refractivity (Wildman–Crippen MR) is 102 cm³/mol. The molecule has 25 heavy (non-hydrogen) atoms. The molecule has 0 atom stereocenters. The third kappa shape index (κ3) is 2.85. The van der Waals surface area contributed by atoms with Gasteiger partial charge in [0.25, 0.3) is 5.91 Å². The van der Waals surface area contributed by atoms with E-state index in [0.717, 1.165) is 28.8 Å². The second-order valence-electron chi connectivity index (χ2n) is 6.78. The van der Waals surface area contributed by atoms with Crippen molar-refractivity contribution < 1.29 is 4.79 Å². The number of rotatable bonds is 1. The third-order valence-electron chi connectivity index (χ3n) is 4.98. The van der Waals surface area contributed by atoms with Gasteiger partial charge in [-0.3, -0.25) is 4.79 Å². The molecule has 3 aromatic rings. The van der Waals surface area contributed by atoms with Crippen molar-refractivity contribution in [2.75, 3.05) is 4.90 Å². The number of carbonyl (C=O) groups excluding carboxylic acids is 1. The SMILES string of the molecule is Cc1ccc(C)c(C(=O)N2Cc3ccccc3Cc3ccccc32)c1. The van der Waals surface area contributed by atoms with Crippen LogP contribution in [0.1, 0.15) is 38.2 Å². The summed E-state index contributed by atoms with van der Waals surface area (Å²) in [7, 11) is 0. The van der Waals surface area contributed by atoms with E-state index in [9.17, 15) is 4.79 Å². The first kappa shape index (κ1) is 15.6. The molecule has 2 heteroatoms. The van der Waals surface area contributed by atoms with Crippen molar-refractivity contribution in [1.29, 1.82) is 0 Å². The highest BCUT2D eigenvalue weighted by molar-refractivity contribution is 6.07. The Balaban J connectivity index is 1.85. The quantitative estimate of drug-likeness (QED) is 0.612. The number of aryl methyl sites for hydroxylation is 2. The van der Waals surface area contributed by atoms with Crippen LogP contribution < -0.4 is 4.90 Å². The number of benzene rings is 3. The molecule has 0 bridgehead atoms. The summed E-state index contributed by atoms with van der Waals surface area (Å²) in [6, 6.07) is 22.7. The summed E-state index contributed by atoms with van der Waals surface area (Å²) in [6.07, 6.45) is 0.864. The highest BCUT2D eigenvalue weighted by Crippen LogP contribution is 2.32. The molecule has 4 rings (SSSR count). The Hall–Kier alpha value is -2.87. The lowest BCUT2D eigenvalue weighted by atomic mass is 10.0. The van der Waals surface area contributed by atoms with Gasteiger partial charge in [0.2, 0.25) is 0 Å². The van der Waals surface area contributed by atoms with Crippen LogP contribution in [-0.4, -0.2) is 5.91 Å². The number of amides is 1. The van der Waals surface area contributed by atoms with E-state index in [1.54, 1.807) is 0 Å². The summed E-state index contributed by atoms with van der Waals surface area (Å²) in [5, 5.41) is 0. The van der Waals surface area contributed by atoms with Crippen molar-refractivity contribution in [1.82, 2.24) is 0 Å². The molecule has 0 aliphatic carbocycles. The zero-order valence-corrected chi connectivity index (χ0v) is 14.6. The maximum absolute atomic E-state index is 13.4. The Labute approximate surface area is 148 Å². The molecule has 0 N–H and O–H groups in total. The molecule has 3 aromatic carbocycles. The van der Waals surface area contributed by atoms with Crippen LogP contribution in [0.15, 0.2) is 66.7 Å². The molecule has 0 fully saturated rings. The maximum Gasteiger partial charge on any atom is 0.258 e. The van der Waals surface area contributed by atoms with E-state index in [4.69, 9.17) is 0 Å². The van der Waals surface area contributed by atoms with Crippen molar-refractivity contribution in [3.63, 3.8) is 0 Å². The average Bonchev–Trinajstić information content (AvgIpc) is 2.79. The third-order valence-corrected chi connectivity index (χ3v) is 4.98. The predicted octanol–water partition coefficient (Wildman–Crippen LogP) is 5.05. The maximum atomic E-state index is 13.4. The van der Waals surface area contributed by atoms with E-state index >= 15 is 0 Å². The molecule has 0 saturated carbocycles. The summed E-state index contributed by atoms with van der Waals surface area (Å²) in [5.41, 5.74) is 7.65. The monoisotopic (exact) mass is 327 g/mol. The van der Waals surface area contributed by atoms with Gasteiger partial charge in [-0.05, 0) is 54.7 Å². The van der Waals surface area contributed by atoms with Gasteiger partial charge in [-0.2, -0.15) is 0 Å². The van der Waals surface area contributed by atoms with E-state index < -0.39 is 0 Å². The molecule has 1 heterocycles. The van der Waals surface area contributed by atoms with Crippen molar-refractivity contribution in [3.8, 4) is 0 Å². The fraction of sp³-hybridized carbons (Fsp3) is 0.174. The molecule has 124 valence electrons. The molecule has 0 unspecified atom stereocenters. The van der Waals surface area contributed by atoms with Crippen molar-refractivity contribution in [3.05, 3.63) is 100 Å². The Morgan fingerprint density at radius 2 is 1.52 bits per heavy atom. The molecule has 0 spiro atoms. The van der Waals surface area contributed by atoms with Gasteiger partial charge in [0.05, 0.1) is 6.54 Å². The van der Waals surface area contributed by atoms with Crippen molar-refractivity contribution in [2.45, 2.75) is 26.8 Å². The summed E-state index contributed by atoms with van der Waals surface area (Å²) in [5.74, 6) is 0.0744. The molecule has 1 aliphatic rings. The lowest BCUT2D eigenvalue weighted by Gasteiger charge is -2.24. The largest absolute Gasteiger partial charge is 0.304 e. The highest BCUT2D eigenvalue weighted by atomic mass is 16.2. The summed E-state index contributed by atoms with van der Waals surface area (Å²) >= 11 is 0. The zero-order chi connectivity index (χ0) is 17.4. The second-order valence-corrected chi connectivity index (χ2v) is 6.78. The molecular weight excluding hydrogens is 306 g/mol. The van der Waals surface area contributed by atoms with E-state index in [1.165, 1.54) is 16.7 Å². The Kier molecular flexibility index (Phi) is 3.89. The van der Waals surface area contributed by atoms with E-state index in [1.807, 2.05) is 43.0 Å².